The van der Waals surface area contributed by atoms with E-state index in [1.54, 1.807) is 12.1 Å². The molecule has 0 fully saturated rings. The van der Waals surface area contributed by atoms with E-state index in [9.17, 15) is 5.11 Å². The van der Waals surface area contributed by atoms with Gasteiger partial charge in [0.15, 0.2) is 0 Å². The lowest BCUT2D eigenvalue weighted by Crippen LogP contribution is -2.24. The van der Waals surface area contributed by atoms with E-state index in [0.717, 1.165) is 18.6 Å². The van der Waals surface area contributed by atoms with Gasteiger partial charge >= 0.3 is 0 Å². The van der Waals surface area contributed by atoms with Crippen LogP contribution < -0.4 is 0 Å². The van der Waals surface area contributed by atoms with Crippen molar-refractivity contribution in [2.24, 2.45) is 0 Å². The van der Waals surface area contributed by atoms with Crippen molar-refractivity contribution in [2.45, 2.75) is 122 Å². The van der Waals surface area contributed by atoms with Gasteiger partial charge in [0, 0.05) is 16.7 Å². The second-order valence-electron chi connectivity index (χ2n) is 9.23. The van der Waals surface area contributed by atoms with Gasteiger partial charge in [0.25, 0.3) is 0 Å². The van der Waals surface area contributed by atoms with Gasteiger partial charge in [0.2, 0.25) is 0 Å². The normalized spacial score (nSPS) is 12.4. The third-order valence-corrected chi connectivity index (χ3v) is 6.73. The maximum atomic E-state index is 9.50. The van der Waals surface area contributed by atoms with Crippen molar-refractivity contribution in [3.8, 4) is 0 Å². The van der Waals surface area contributed by atoms with Gasteiger partial charge in [-0.2, -0.15) is 0 Å². The fraction of sp³-hybridized carbons (Fsp3) is 0.786. The Morgan fingerprint density at radius 3 is 1.76 bits per heavy atom. The van der Waals surface area contributed by atoms with Gasteiger partial charge in [-0.1, -0.05) is 133 Å². The first kappa shape index (κ1) is 30.7. The van der Waals surface area contributed by atoms with Gasteiger partial charge in [0.1, 0.15) is 6.10 Å². The van der Waals surface area contributed by atoms with Crippen LogP contribution in [0.25, 0.3) is 0 Å². The van der Waals surface area contributed by atoms with Crippen LogP contribution >= 0.6 is 23.2 Å². The van der Waals surface area contributed by atoms with Gasteiger partial charge in [-0.05, 0) is 24.1 Å². The second kappa shape index (κ2) is 22.2. The highest BCUT2D eigenvalue weighted by Gasteiger charge is 2.10. The summed E-state index contributed by atoms with van der Waals surface area (Å²) in [5, 5.41) is 10.7. The molecule has 0 bridgehead atoms. The number of unbranched alkanes of at least 4 members (excludes halogenated alkanes) is 15. The molecule has 0 unspecified atom stereocenters. The first-order valence-electron chi connectivity index (χ1n) is 13.4. The first-order chi connectivity index (χ1) is 16.2. The summed E-state index contributed by atoms with van der Waals surface area (Å²) in [6.07, 6.45) is 21.5. The number of aliphatic hydroxyl groups is 1. The Morgan fingerprint density at radius 1 is 0.758 bits per heavy atom. The molecule has 0 heterocycles. The third-order valence-electron chi connectivity index (χ3n) is 6.14. The third kappa shape index (κ3) is 17.7. The molecule has 1 aromatic carbocycles. The van der Waals surface area contributed by atoms with E-state index in [4.69, 9.17) is 32.7 Å². The summed E-state index contributed by atoms with van der Waals surface area (Å²) >= 11 is 12.1. The van der Waals surface area contributed by atoms with Crippen LogP contribution in [0.5, 0.6) is 0 Å². The molecule has 0 aliphatic carbocycles. The summed E-state index contributed by atoms with van der Waals surface area (Å²) < 4.78 is 11.4. The Bertz CT molecular complexity index is 568. The summed E-state index contributed by atoms with van der Waals surface area (Å²) in [5.74, 6) is 0. The average molecular weight is 504 g/mol. The molecule has 0 radical (unpaired) electrons. The Labute approximate surface area is 213 Å². The largest absolute Gasteiger partial charge is 0.394 e. The van der Waals surface area contributed by atoms with Crippen molar-refractivity contribution in [1.29, 1.82) is 0 Å². The molecular formula is C28H48Cl2O3. The van der Waals surface area contributed by atoms with Gasteiger partial charge in [-0.25, -0.2) is 0 Å². The van der Waals surface area contributed by atoms with E-state index in [1.807, 2.05) is 6.07 Å². The fourth-order valence-electron chi connectivity index (χ4n) is 3.97. The molecule has 1 rings (SSSR count). The minimum Gasteiger partial charge on any atom is -0.394 e. The number of hydrogen-bond acceptors (Lipinski definition) is 3. The lowest BCUT2D eigenvalue weighted by molar-refractivity contribution is -0.0502. The summed E-state index contributed by atoms with van der Waals surface area (Å²) in [4.78, 5) is 0. The van der Waals surface area contributed by atoms with Crippen molar-refractivity contribution in [3.63, 3.8) is 0 Å². The fourth-order valence-corrected chi connectivity index (χ4v) is 4.43. The molecule has 0 aromatic heterocycles. The Morgan fingerprint density at radius 2 is 1.27 bits per heavy atom. The number of halogens is 2. The number of aliphatic hydroxyl groups excluding tert-OH is 1. The molecule has 192 valence electrons. The molecule has 1 N–H and O–H groups in total. The highest BCUT2D eigenvalue weighted by atomic mass is 35.5. The molecule has 1 aromatic rings. The van der Waals surface area contributed by atoms with Crippen LogP contribution in [-0.4, -0.2) is 31.0 Å². The number of rotatable bonds is 23. The summed E-state index contributed by atoms with van der Waals surface area (Å²) in [5.41, 5.74) is 0.859. The van der Waals surface area contributed by atoms with E-state index >= 15 is 0 Å². The molecule has 0 saturated carbocycles. The van der Waals surface area contributed by atoms with Crippen LogP contribution in [0.15, 0.2) is 18.2 Å². The molecule has 0 spiro atoms. The Balaban J connectivity index is 1.85. The predicted octanol–water partition coefficient (Wildman–Crippen LogP) is 9.15. The van der Waals surface area contributed by atoms with E-state index in [0.29, 0.717) is 23.3 Å². The Kier molecular flexibility index (Phi) is 20.6. The maximum Gasteiger partial charge on any atom is 0.104 e. The number of benzene rings is 1. The van der Waals surface area contributed by atoms with Gasteiger partial charge in [0.05, 0.1) is 19.8 Å². The molecule has 33 heavy (non-hydrogen) atoms. The topological polar surface area (TPSA) is 38.7 Å². The predicted molar refractivity (Wildman–Crippen MR) is 142 cm³/mol. The molecular weight excluding hydrogens is 455 g/mol. The van der Waals surface area contributed by atoms with Crippen molar-refractivity contribution < 1.29 is 14.6 Å². The van der Waals surface area contributed by atoms with Crippen molar-refractivity contribution in [2.75, 3.05) is 19.8 Å². The van der Waals surface area contributed by atoms with E-state index in [1.165, 1.54) is 96.3 Å². The molecule has 0 aliphatic heterocycles. The van der Waals surface area contributed by atoms with Crippen molar-refractivity contribution >= 4 is 23.2 Å². The van der Waals surface area contributed by atoms with Gasteiger partial charge < -0.3 is 14.6 Å². The van der Waals surface area contributed by atoms with E-state index < -0.39 is 0 Å². The van der Waals surface area contributed by atoms with Crippen LogP contribution in [0.1, 0.15) is 115 Å². The second-order valence-corrected chi connectivity index (χ2v) is 10.1. The number of hydrogen-bond donors (Lipinski definition) is 1. The smallest absolute Gasteiger partial charge is 0.104 e. The molecule has 3 nitrogen and oxygen atoms in total. The standard InChI is InChI=1S/C28H48Cl2O3/c1-2-3-4-5-6-7-8-9-10-11-12-13-14-15-16-17-20-32-24-27(22-31)33-23-25-18-19-26(29)21-28(25)30/h18-19,21,27,31H,2-17,20,22-24H2,1H3/t27-/m0/s1. The van der Waals surface area contributed by atoms with Crippen LogP contribution in [-0.2, 0) is 16.1 Å². The van der Waals surface area contributed by atoms with E-state index in [2.05, 4.69) is 6.92 Å². The molecule has 0 amide bonds. The minimum absolute atomic E-state index is 0.0653. The zero-order chi connectivity index (χ0) is 24.0. The first-order valence-corrected chi connectivity index (χ1v) is 14.2. The highest BCUT2D eigenvalue weighted by Crippen LogP contribution is 2.22. The average Bonchev–Trinajstić information content (AvgIpc) is 2.81. The zero-order valence-electron chi connectivity index (χ0n) is 21.0. The zero-order valence-corrected chi connectivity index (χ0v) is 22.5. The quantitative estimate of drug-likeness (QED) is 0.151. The van der Waals surface area contributed by atoms with Crippen molar-refractivity contribution in [1.82, 2.24) is 0 Å². The monoisotopic (exact) mass is 502 g/mol. The molecule has 0 aliphatic rings. The molecule has 5 heteroatoms. The highest BCUT2D eigenvalue weighted by molar-refractivity contribution is 6.35. The van der Waals surface area contributed by atoms with E-state index in [-0.39, 0.29) is 12.7 Å². The van der Waals surface area contributed by atoms with Crippen molar-refractivity contribution in [3.05, 3.63) is 33.8 Å². The van der Waals surface area contributed by atoms with Crippen LogP contribution in [0.4, 0.5) is 0 Å². The molecule has 0 saturated heterocycles. The van der Waals surface area contributed by atoms with Gasteiger partial charge in [-0.3, -0.25) is 0 Å². The van der Waals surface area contributed by atoms with Gasteiger partial charge in [-0.15, -0.1) is 0 Å². The lowest BCUT2D eigenvalue weighted by Gasteiger charge is -2.16. The van der Waals surface area contributed by atoms with Crippen LogP contribution in [0.2, 0.25) is 10.0 Å². The summed E-state index contributed by atoms with van der Waals surface area (Å²) in [7, 11) is 0. The summed E-state index contributed by atoms with van der Waals surface area (Å²) in [6, 6.07) is 5.33. The molecule has 1 atom stereocenters. The minimum atomic E-state index is -0.335. The van der Waals surface area contributed by atoms with Crippen LogP contribution in [0.3, 0.4) is 0 Å². The summed E-state index contributed by atoms with van der Waals surface area (Å²) in [6.45, 7) is 3.68. The maximum absolute atomic E-state index is 9.50. The Hall–Kier alpha value is -0.320. The lowest BCUT2D eigenvalue weighted by atomic mass is 10.0. The number of ether oxygens (including phenoxy) is 2. The van der Waals surface area contributed by atoms with Crippen LogP contribution in [0, 0.1) is 0 Å². The SMILES string of the molecule is CCCCCCCCCCCCCCCCCCOC[C@H](CO)OCc1ccc(Cl)cc1Cl.